The highest BCUT2D eigenvalue weighted by molar-refractivity contribution is 7.92. The van der Waals surface area contributed by atoms with Crippen molar-refractivity contribution in [2.75, 3.05) is 51.0 Å². The number of furan rings is 1. The second kappa shape index (κ2) is 12.8. The zero-order chi connectivity index (χ0) is 36.3. The SMILES string of the molecule is CNC(=O)c1c(-c2ccc(C)cc2)oc2cc(N(C)S(C)(=O)=O)c(-c3ccc4nc(CN5CCOCC5)n5c6cccc(C#N)c6cc5c4n3)cc12. The topological polar surface area (TPSA) is 146 Å². The summed E-state index contributed by atoms with van der Waals surface area (Å²) in [4.78, 5) is 26.0. The maximum Gasteiger partial charge on any atom is 0.255 e. The van der Waals surface area contributed by atoms with Crippen molar-refractivity contribution in [3.05, 3.63) is 95.3 Å². The molecule has 12 nitrogen and oxygen atoms in total. The Bertz CT molecular complexity index is 2720. The summed E-state index contributed by atoms with van der Waals surface area (Å²) in [5.41, 5.74) is 7.10. The van der Waals surface area contributed by atoms with Crippen LogP contribution < -0.4 is 9.62 Å². The van der Waals surface area contributed by atoms with E-state index in [0.717, 1.165) is 47.2 Å². The predicted molar refractivity (Wildman–Crippen MR) is 201 cm³/mol. The summed E-state index contributed by atoms with van der Waals surface area (Å²) in [6.45, 7) is 5.39. The summed E-state index contributed by atoms with van der Waals surface area (Å²) in [6, 6.07) is 24.7. The minimum Gasteiger partial charge on any atom is -0.455 e. The van der Waals surface area contributed by atoms with E-state index < -0.39 is 10.0 Å². The summed E-state index contributed by atoms with van der Waals surface area (Å²) < 4.78 is 41.3. The highest BCUT2D eigenvalue weighted by atomic mass is 32.2. The largest absolute Gasteiger partial charge is 0.455 e. The molecule has 1 fully saturated rings. The van der Waals surface area contributed by atoms with Gasteiger partial charge in [-0.15, -0.1) is 0 Å². The number of hydrogen-bond acceptors (Lipinski definition) is 9. The Labute approximate surface area is 299 Å². The molecule has 13 heteroatoms. The molecule has 0 saturated carbocycles. The number of hydrogen-bond donors (Lipinski definition) is 1. The molecule has 0 bridgehead atoms. The van der Waals surface area contributed by atoms with Gasteiger partial charge in [0.1, 0.15) is 22.7 Å². The fourth-order valence-electron chi connectivity index (χ4n) is 6.95. The first kappa shape index (κ1) is 33.3. The molecule has 0 radical (unpaired) electrons. The van der Waals surface area contributed by atoms with Crippen LogP contribution >= 0.6 is 0 Å². The average Bonchev–Trinajstić information content (AvgIpc) is 3.73. The Hall–Kier alpha value is -5.81. The number of aryl methyl sites for hydroxylation is 1. The molecule has 1 amide bonds. The molecule has 0 aliphatic carbocycles. The van der Waals surface area contributed by atoms with Gasteiger partial charge in [-0.05, 0) is 43.3 Å². The van der Waals surface area contributed by atoms with E-state index in [-0.39, 0.29) is 5.91 Å². The molecular formula is C39H35N7O5S. The van der Waals surface area contributed by atoms with Crippen molar-refractivity contribution >= 4 is 60.0 Å². The maximum atomic E-state index is 13.5. The second-order valence-electron chi connectivity index (χ2n) is 13.0. The van der Waals surface area contributed by atoms with E-state index in [1.54, 1.807) is 25.2 Å². The smallest absolute Gasteiger partial charge is 0.255 e. The van der Waals surface area contributed by atoms with E-state index in [9.17, 15) is 18.5 Å². The second-order valence-corrected chi connectivity index (χ2v) is 15.1. The number of ether oxygens (including phenoxy) is 1. The third-order valence-electron chi connectivity index (χ3n) is 9.75. The van der Waals surface area contributed by atoms with Gasteiger partial charge in [-0.2, -0.15) is 5.26 Å². The van der Waals surface area contributed by atoms with Gasteiger partial charge in [0, 0.05) is 55.2 Å². The summed E-state index contributed by atoms with van der Waals surface area (Å²) in [5.74, 6) is 0.834. The average molecular weight is 714 g/mol. The Kier molecular flexibility index (Phi) is 8.18. The minimum absolute atomic E-state index is 0.328. The van der Waals surface area contributed by atoms with Crippen LogP contribution in [-0.4, -0.2) is 80.2 Å². The lowest BCUT2D eigenvalue weighted by molar-refractivity contribution is 0.0330. The van der Waals surface area contributed by atoms with Crippen LogP contribution in [0.2, 0.25) is 0 Å². The van der Waals surface area contributed by atoms with Crippen molar-refractivity contribution in [1.82, 2.24) is 24.6 Å². The molecule has 262 valence electrons. The lowest BCUT2D eigenvalue weighted by Gasteiger charge is -2.26. The standard InChI is InChI=1S/C39H35N7O5S/c1-23-8-10-24(11-9-23)38-36(39(47)41-2)28-18-27(32(20-34(28)51-38)44(3)52(4,48)49)29-12-13-30-37(43-29)33-19-26-25(21-40)6-5-7-31(26)46(33)35(42-30)22-45-14-16-50-17-15-45/h5-13,18-20H,14-17,22H2,1-4H3,(H,41,47). The first-order valence-corrected chi connectivity index (χ1v) is 18.7. The van der Waals surface area contributed by atoms with Gasteiger partial charge in [-0.25, -0.2) is 18.4 Å². The monoisotopic (exact) mass is 713 g/mol. The van der Waals surface area contributed by atoms with E-state index in [2.05, 4.69) is 20.7 Å². The van der Waals surface area contributed by atoms with Gasteiger partial charge in [-0.1, -0.05) is 35.9 Å². The van der Waals surface area contributed by atoms with E-state index in [0.29, 0.717) is 81.2 Å². The molecule has 0 unspecified atom stereocenters. The molecular weight excluding hydrogens is 679 g/mol. The van der Waals surface area contributed by atoms with Crippen molar-refractivity contribution in [1.29, 1.82) is 5.26 Å². The van der Waals surface area contributed by atoms with Crippen molar-refractivity contribution in [2.45, 2.75) is 13.5 Å². The van der Waals surface area contributed by atoms with Crippen molar-refractivity contribution in [3.8, 4) is 28.7 Å². The quantitative estimate of drug-likeness (QED) is 0.214. The van der Waals surface area contributed by atoms with Crippen LogP contribution in [0.1, 0.15) is 27.3 Å². The molecule has 1 aliphatic heterocycles. The van der Waals surface area contributed by atoms with E-state index >= 15 is 0 Å². The number of carbonyl (C=O) groups excluding carboxylic acids is 1. The van der Waals surface area contributed by atoms with Crippen LogP contribution in [0.3, 0.4) is 0 Å². The van der Waals surface area contributed by atoms with Crippen molar-refractivity contribution < 1.29 is 22.4 Å². The summed E-state index contributed by atoms with van der Waals surface area (Å²) in [7, 11) is -0.699. The minimum atomic E-state index is -3.73. The number of rotatable bonds is 7. The first-order chi connectivity index (χ1) is 25.0. The Morgan fingerprint density at radius 3 is 2.48 bits per heavy atom. The number of amides is 1. The molecule has 1 N–H and O–H groups in total. The molecule has 1 saturated heterocycles. The molecule has 1 aliphatic rings. The number of aromatic nitrogens is 3. The number of fused-ring (bicyclic) bond motifs is 6. The third-order valence-corrected chi connectivity index (χ3v) is 10.9. The Balaban J connectivity index is 1.40. The molecule has 4 aromatic heterocycles. The van der Waals surface area contributed by atoms with Gasteiger partial charge in [0.15, 0.2) is 0 Å². The lowest BCUT2D eigenvalue weighted by atomic mass is 10.00. The van der Waals surface area contributed by atoms with Gasteiger partial charge >= 0.3 is 0 Å². The fourth-order valence-corrected chi connectivity index (χ4v) is 7.46. The van der Waals surface area contributed by atoms with Crippen LogP contribution in [0, 0.1) is 18.3 Å². The number of nitrogens with zero attached hydrogens (tertiary/aromatic N) is 6. The first-order valence-electron chi connectivity index (χ1n) is 16.8. The predicted octanol–water partition coefficient (Wildman–Crippen LogP) is 5.88. The summed E-state index contributed by atoms with van der Waals surface area (Å²) in [6.07, 6.45) is 1.13. The molecule has 3 aromatic carbocycles. The molecule has 7 aromatic rings. The number of pyridine rings is 1. The van der Waals surface area contributed by atoms with Crippen molar-refractivity contribution in [3.63, 3.8) is 0 Å². The maximum absolute atomic E-state index is 13.5. The number of benzene rings is 3. The number of morpholine rings is 1. The third kappa shape index (κ3) is 5.61. The summed E-state index contributed by atoms with van der Waals surface area (Å²) in [5, 5.41) is 14.0. The van der Waals surface area contributed by atoms with Gasteiger partial charge in [0.2, 0.25) is 10.0 Å². The van der Waals surface area contributed by atoms with Gasteiger partial charge in [-0.3, -0.25) is 18.4 Å². The lowest BCUT2D eigenvalue weighted by Crippen LogP contribution is -2.36. The van der Waals surface area contributed by atoms with Crippen LogP contribution in [-0.2, 0) is 21.3 Å². The zero-order valence-electron chi connectivity index (χ0n) is 29.1. The highest BCUT2D eigenvalue weighted by Crippen LogP contribution is 2.41. The Morgan fingerprint density at radius 1 is 1.00 bits per heavy atom. The number of carbonyl (C=O) groups is 1. The Morgan fingerprint density at radius 2 is 1.77 bits per heavy atom. The van der Waals surface area contributed by atoms with Crippen molar-refractivity contribution in [2.24, 2.45) is 0 Å². The van der Waals surface area contributed by atoms with E-state index in [1.807, 2.05) is 61.5 Å². The van der Waals surface area contributed by atoms with Crippen LogP contribution in [0.25, 0.3) is 61.0 Å². The fraction of sp³-hybridized carbons (Fsp3) is 0.231. The number of sulfonamides is 1. The van der Waals surface area contributed by atoms with Gasteiger partial charge in [0.25, 0.3) is 5.91 Å². The van der Waals surface area contributed by atoms with Crippen LogP contribution in [0.5, 0.6) is 0 Å². The molecule has 52 heavy (non-hydrogen) atoms. The van der Waals surface area contributed by atoms with Gasteiger partial charge in [0.05, 0.1) is 71.1 Å². The number of nitriles is 1. The number of anilines is 1. The molecule has 5 heterocycles. The van der Waals surface area contributed by atoms with Crippen LogP contribution in [0.15, 0.2) is 77.2 Å². The summed E-state index contributed by atoms with van der Waals surface area (Å²) >= 11 is 0. The molecule has 0 spiro atoms. The number of nitrogens with one attached hydrogen (secondary N) is 1. The van der Waals surface area contributed by atoms with E-state index in [1.165, 1.54) is 11.4 Å². The molecule has 8 rings (SSSR count). The highest BCUT2D eigenvalue weighted by Gasteiger charge is 2.27. The zero-order valence-corrected chi connectivity index (χ0v) is 29.9. The van der Waals surface area contributed by atoms with E-state index in [4.69, 9.17) is 19.1 Å². The molecule has 0 atom stereocenters. The van der Waals surface area contributed by atoms with Gasteiger partial charge < -0.3 is 14.5 Å². The normalized spacial score (nSPS) is 14.0. The van der Waals surface area contributed by atoms with Crippen LogP contribution in [0.4, 0.5) is 5.69 Å².